The molecule has 1 aromatic rings. The van der Waals surface area contributed by atoms with E-state index in [9.17, 15) is 9.59 Å². The summed E-state index contributed by atoms with van der Waals surface area (Å²) in [5.74, 6) is -0.332. The summed E-state index contributed by atoms with van der Waals surface area (Å²) in [6.45, 7) is 3.33. The first kappa shape index (κ1) is 11.5. The maximum absolute atomic E-state index is 12.2. The standard InChI is InChI=1S/C13H14N2O2/c1-8-9(2)13(17)15-14-11(12(8)16)10-6-4-3-5-7-10/h3-7,11,14H,1-2H3,(H,15,17)/t11-/m1/s1. The van der Waals surface area contributed by atoms with Gasteiger partial charge < -0.3 is 0 Å². The smallest absolute Gasteiger partial charge is 0.261 e. The van der Waals surface area contributed by atoms with Crippen LogP contribution in [0.1, 0.15) is 25.5 Å². The zero-order valence-electron chi connectivity index (χ0n) is 9.78. The highest BCUT2D eigenvalue weighted by molar-refractivity contribution is 6.08. The maximum atomic E-state index is 12.2. The first-order valence-electron chi connectivity index (χ1n) is 5.43. The summed E-state index contributed by atoms with van der Waals surface area (Å²) in [7, 11) is 0. The SMILES string of the molecule is CC1=C(C)C(=O)[C@@H](c2ccccc2)NNC1=O. The van der Waals surface area contributed by atoms with Gasteiger partial charge in [-0.05, 0) is 19.4 Å². The topological polar surface area (TPSA) is 58.2 Å². The summed E-state index contributed by atoms with van der Waals surface area (Å²) in [4.78, 5) is 23.8. The number of amides is 1. The molecule has 0 bridgehead atoms. The van der Waals surface area contributed by atoms with Gasteiger partial charge in [-0.3, -0.25) is 15.0 Å². The van der Waals surface area contributed by atoms with Crippen LogP contribution in [-0.2, 0) is 9.59 Å². The number of Topliss-reactive ketones (excluding diaryl/α,β-unsaturated/α-hetero) is 1. The van der Waals surface area contributed by atoms with Crippen molar-refractivity contribution in [1.82, 2.24) is 10.9 Å². The van der Waals surface area contributed by atoms with Crippen molar-refractivity contribution in [2.45, 2.75) is 19.9 Å². The predicted molar refractivity (Wildman–Crippen MR) is 63.8 cm³/mol. The van der Waals surface area contributed by atoms with Crippen LogP contribution in [0.3, 0.4) is 0 Å². The van der Waals surface area contributed by atoms with Crippen molar-refractivity contribution in [2.75, 3.05) is 0 Å². The summed E-state index contributed by atoms with van der Waals surface area (Å²) in [5, 5.41) is 0. The lowest BCUT2D eigenvalue weighted by atomic mass is 9.97. The minimum absolute atomic E-state index is 0.0768. The Hall–Kier alpha value is -1.94. The molecule has 1 heterocycles. The lowest BCUT2D eigenvalue weighted by Crippen LogP contribution is -2.40. The van der Waals surface area contributed by atoms with Crippen molar-refractivity contribution in [3.63, 3.8) is 0 Å². The highest BCUT2D eigenvalue weighted by atomic mass is 16.2. The number of nitrogens with one attached hydrogen (secondary N) is 2. The van der Waals surface area contributed by atoms with Gasteiger partial charge in [0.25, 0.3) is 5.91 Å². The molecule has 1 aliphatic rings. The zero-order chi connectivity index (χ0) is 12.4. The maximum Gasteiger partial charge on any atom is 0.261 e. The molecule has 2 rings (SSSR count). The minimum Gasteiger partial charge on any atom is -0.292 e. The molecule has 0 spiro atoms. The molecule has 1 amide bonds. The number of ketones is 1. The Morgan fingerprint density at radius 3 is 2.29 bits per heavy atom. The van der Waals surface area contributed by atoms with Crippen LogP contribution in [0.5, 0.6) is 0 Å². The summed E-state index contributed by atoms with van der Waals surface area (Å²) >= 11 is 0. The molecule has 0 saturated heterocycles. The van der Waals surface area contributed by atoms with Crippen molar-refractivity contribution >= 4 is 11.7 Å². The molecule has 1 atom stereocenters. The molecular formula is C13H14N2O2. The molecule has 0 aromatic heterocycles. The van der Waals surface area contributed by atoms with Crippen molar-refractivity contribution in [3.05, 3.63) is 47.0 Å². The second kappa shape index (κ2) is 4.51. The van der Waals surface area contributed by atoms with E-state index in [1.165, 1.54) is 0 Å². The molecule has 4 nitrogen and oxygen atoms in total. The third kappa shape index (κ3) is 2.12. The van der Waals surface area contributed by atoms with E-state index < -0.39 is 6.04 Å². The molecular weight excluding hydrogens is 216 g/mol. The van der Waals surface area contributed by atoms with Crippen LogP contribution < -0.4 is 10.9 Å². The fraction of sp³-hybridized carbons (Fsp3) is 0.231. The Labute approximate surface area is 99.7 Å². The highest BCUT2D eigenvalue weighted by Crippen LogP contribution is 2.20. The van der Waals surface area contributed by atoms with Gasteiger partial charge >= 0.3 is 0 Å². The molecule has 0 fully saturated rings. The quantitative estimate of drug-likeness (QED) is 0.763. The summed E-state index contributed by atoms with van der Waals surface area (Å²) in [5.41, 5.74) is 7.10. The number of carbonyl (C=O) groups is 2. The molecule has 0 aliphatic carbocycles. The van der Waals surface area contributed by atoms with E-state index in [0.717, 1.165) is 5.56 Å². The normalized spacial score (nSPS) is 21.2. The Balaban J connectivity index is 2.39. The van der Waals surface area contributed by atoms with Crippen molar-refractivity contribution < 1.29 is 9.59 Å². The molecule has 88 valence electrons. The van der Waals surface area contributed by atoms with Gasteiger partial charge in [-0.15, -0.1) is 0 Å². The Morgan fingerprint density at radius 2 is 1.65 bits per heavy atom. The van der Waals surface area contributed by atoms with Gasteiger partial charge in [-0.2, -0.15) is 0 Å². The highest BCUT2D eigenvalue weighted by Gasteiger charge is 2.27. The summed E-state index contributed by atoms with van der Waals surface area (Å²) in [6, 6.07) is 8.81. The second-order valence-electron chi connectivity index (χ2n) is 4.06. The van der Waals surface area contributed by atoms with E-state index in [-0.39, 0.29) is 11.7 Å². The van der Waals surface area contributed by atoms with Gasteiger partial charge in [-0.1, -0.05) is 30.3 Å². The van der Waals surface area contributed by atoms with Crippen LogP contribution in [0.15, 0.2) is 41.5 Å². The first-order chi connectivity index (χ1) is 8.11. The van der Waals surface area contributed by atoms with Crippen LogP contribution >= 0.6 is 0 Å². The van der Waals surface area contributed by atoms with Crippen LogP contribution in [-0.4, -0.2) is 11.7 Å². The average molecular weight is 230 g/mol. The van der Waals surface area contributed by atoms with Gasteiger partial charge in [-0.25, -0.2) is 5.43 Å². The number of hydrogen-bond acceptors (Lipinski definition) is 3. The number of hydrogen-bond donors (Lipinski definition) is 2. The second-order valence-corrected chi connectivity index (χ2v) is 4.06. The van der Waals surface area contributed by atoms with Crippen LogP contribution in [0.2, 0.25) is 0 Å². The van der Waals surface area contributed by atoms with Gasteiger partial charge in [0.2, 0.25) is 0 Å². The zero-order valence-corrected chi connectivity index (χ0v) is 9.78. The monoisotopic (exact) mass is 230 g/mol. The molecule has 17 heavy (non-hydrogen) atoms. The lowest BCUT2D eigenvalue weighted by Gasteiger charge is -2.15. The first-order valence-corrected chi connectivity index (χ1v) is 5.43. The Morgan fingerprint density at radius 1 is 1.00 bits per heavy atom. The number of carbonyl (C=O) groups excluding carboxylic acids is 2. The van der Waals surface area contributed by atoms with E-state index in [4.69, 9.17) is 0 Å². The number of benzene rings is 1. The minimum atomic E-state index is -0.516. The average Bonchev–Trinajstić information content (AvgIpc) is 2.45. The Kier molecular flexibility index (Phi) is 3.06. The molecule has 0 saturated carbocycles. The molecule has 4 heteroatoms. The largest absolute Gasteiger partial charge is 0.292 e. The lowest BCUT2D eigenvalue weighted by molar-refractivity contribution is -0.118. The molecule has 2 N–H and O–H groups in total. The third-order valence-corrected chi connectivity index (χ3v) is 3.00. The molecule has 0 unspecified atom stereocenters. The third-order valence-electron chi connectivity index (χ3n) is 3.00. The Bertz CT molecular complexity index is 491. The van der Waals surface area contributed by atoms with Gasteiger partial charge in [0.1, 0.15) is 6.04 Å². The van der Waals surface area contributed by atoms with E-state index in [1.807, 2.05) is 30.3 Å². The predicted octanol–water partition coefficient (Wildman–Crippen LogP) is 1.27. The van der Waals surface area contributed by atoms with E-state index >= 15 is 0 Å². The fourth-order valence-corrected chi connectivity index (χ4v) is 1.75. The van der Waals surface area contributed by atoms with Crippen LogP contribution in [0.4, 0.5) is 0 Å². The number of rotatable bonds is 1. The van der Waals surface area contributed by atoms with Gasteiger partial charge in [0.15, 0.2) is 5.78 Å². The molecule has 1 aromatic carbocycles. The summed E-state index contributed by atoms with van der Waals surface area (Å²) < 4.78 is 0. The number of hydrazine groups is 1. The van der Waals surface area contributed by atoms with Crippen molar-refractivity contribution in [3.8, 4) is 0 Å². The fourth-order valence-electron chi connectivity index (χ4n) is 1.75. The van der Waals surface area contributed by atoms with Crippen molar-refractivity contribution in [1.29, 1.82) is 0 Å². The van der Waals surface area contributed by atoms with Crippen LogP contribution in [0, 0.1) is 0 Å². The molecule has 1 aliphatic heterocycles. The van der Waals surface area contributed by atoms with E-state index in [2.05, 4.69) is 10.9 Å². The van der Waals surface area contributed by atoms with Gasteiger partial charge in [0.05, 0.1) is 0 Å². The van der Waals surface area contributed by atoms with E-state index in [0.29, 0.717) is 11.1 Å². The van der Waals surface area contributed by atoms with Gasteiger partial charge in [0, 0.05) is 11.1 Å². The van der Waals surface area contributed by atoms with Crippen molar-refractivity contribution in [2.24, 2.45) is 0 Å². The van der Waals surface area contributed by atoms with Crippen LogP contribution in [0.25, 0.3) is 0 Å². The molecule has 0 radical (unpaired) electrons. The van der Waals surface area contributed by atoms with E-state index in [1.54, 1.807) is 13.8 Å². The summed E-state index contributed by atoms with van der Waals surface area (Å²) in [6.07, 6.45) is 0.